The summed E-state index contributed by atoms with van der Waals surface area (Å²) < 4.78 is 0. The van der Waals surface area contributed by atoms with Crippen LogP contribution in [0.2, 0.25) is 0 Å². The van der Waals surface area contributed by atoms with Crippen LogP contribution in [0.1, 0.15) is 30.9 Å². The number of carbonyl (C=O) groups is 1. The van der Waals surface area contributed by atoms with E-state index in [0.717, 1.165) is 37.4 Å². The quantitative estimate of drug-likeness (QED) is 0.897. The van der Waals surface area contributed by atoms with E-state index in [-0.39, 0.29) is 6.03 Å². The minimum absolute atomic E-state index is 0.00825. The Morgan fingerprint density at radius 2 is 1.60 bits per heavy atom. The second-order valence-electron chi connectivity index (χ2n) is 6.93. The van der Waals surface area contributed by atoms with Gasteiger partial charge in [0.1, 0.15) is 0 Å². The number of amides is 2. The Hall–Kier alpha value is -2.49. The van der Waals surface area contributed by atoms with Gasteiger partial charge in [-0.15, -0.1) is 0 Å². The molecule has 2 aromatic rings. The van der Waals surface area contributed by atoms with Crippen molar-refractivity contribution in [1.82, 2.24) is 4.90 Å². The van der Waals surface area contributed by atoms with Gasteiger partial charge in [0.05, 0.1) is 0 Å². The molecule has 0 unspecified atom stereocenters. The molecule has 1 heterocycles. The predicted molar refractivity (Wildman–Crippen MR) is 105 cm³/mol. The lowest BCUT2D eigenvalue weighted by molar-refractivity contribution is 0.208. The molecule has 4 heteroatoms. The Kier molecular flexibility index (Phi) is 5.27. The number of nitrogens with zero attached hydrogens (tertiary/aromatic N) is 2. The molecule has 1 fully saturated rings. The van der Waals surface area contributed by atoms with Crippen molar-refractivity contribution in [3.63, 3.8) is 0 Å². The monoisotopic (exact) mass is 337 g/mol. The second kappa shape index (κ2) is 7.60. The maximum atomic E-state index is 12.5. The van der Waals surface area contributed by atoms with Gasteiger partial charge in [0, 0.05) is 37.6 Å². The maximum absolute atomic E-state index is 12.5. The molecule has 4 nitrogen and oxygen atoms in total. The van der Waals surface area contributed by atoms with Crippen LogP contribution in [0, 0.1) is 6.92 Å². The maximum Gasteiger partial charge on any atom is 0.321 e. The van der Waals surface area contributed by atoms with Crippen molar-refractivity contribution >= 4 is 17.4 Å². The largest absolute Gasteiger partial charge is 0.368 e. The number of aryl methyl sites for hydroxylation is 1. The van der Waals surface area contributed by atoms with E-state index in [0.29, 0.717) is 5.92 Å². The van der Waals surface area contributed by atoms with Crippen molar-refractivity contribution in [1.29, 1.82) is 0 Å². The van der Waals surface area contributed by atoms with Crippen LogP contribution in [-0.2, 0) is 0 Å². The third-order valence-electron chi connectivity index (χ3n) is 4.85. The molecule has 25 heavy (non-hydrogen) atoms. The number of nitrogens with one attached hydrogen (secondary N) is 1. The zero-order valence-corrected chi connectivity index (χ0v) is 15.3. The molecule has 0 atom stereocenters. The smallest absolute Gasteiger partial charge is 0.321 e. The van der Waals surface area contributed by atoms with Crippen LogP contribution in [0.4, 0.5) is 16.2 Å². The zero-order valence-electron chi connectivity index (χ0n) is 15.3. The zero-order chi connectivity index (χ0) is 17.8. The van der Waals surface area contributed by atoms with Crippen molar-refractivity contribution in [2.75, 3.05) is 36.4 Å². The highest BCUT2D eigenvalue weighted by molar-refractivity contribution is 5.90. The van der Waals surface area contributed by atoms with Gasteiger partial charge in [-0.2, -0.15) is 0 Å². The van der Waals surface area contributed by atoms with Crippen molar-refractivity contribution in [2.24, 2.45) is 0 Å². The van der Waals surface area contributed by atoms with E-state index >= 15 is 0 Å². The topological polar surface area (TPSA) is 35.6 Å². The van der Waals surface area contributed by atoms with E-state index in [2.05, 4.69) is 48.3 Å². The van der Waals surface area contributed by atoms with Gasteiger partial charge in [0.15, 0.2) is 0 Å². The molecule has 1 aliphatic heterocycles. The summed E-state index contributed by atoms with van der Waals surface area (Å²) in [5.74, 6) is 0.499. The third-order valence-corrected chi connectivity index (χ3v) is 4.85. The molecule has 0 spiro atoms. The summed E-state index contributed by atoms with van der Waals surface area (Å²) in [5.41, 5.74) is 4.65. The molecule has 0 aromatic heterocycles. The summed E-state index contributed by atoms with van der Waals surface area (Å²) in [5, 5.41) is 3.03. The Labute approximate surface area is 150 Å². The molecule has 1 saturated heterocycles. The van der Waals surface area contributed by atoms with E-state index in [1.54, 1.807) is 0 Å². The molecule has 0 aliphatic carbocycles. The summed E-state index contributed by atoms with van der Waals surface area (Å²) in [7, 11) is 0. The fourth-order valence-corrected chi connectivity index (χ4v) is 3.32. The third kappa shape index (κ3) is 3.95. The van der Waals surface area contributed by atoms with Crippen LogP contribution in [0.25, 0.3) is 0 Å². The Balaban J connectivity index is 1.62. The summed E-state index contributed by atoms with van der Waals surface area (Å²) in [6.45, 7) is 9.68. The minimum atomic E-state index is -0.00825. The first-order valence-electron chi connectivity index (χ1n) is 9.01. The standard InChI is InChI=1S/C21H27N3O/c1-16(2)18-9-5-7-11-20(18)23-12-14-24(15-13-23)21(25)22-19-10-6-4-8-17(19)3/h4-11,16H,12-15H2,1-3H3,(H,22,25). The van der Waals surface area contributed by atoms with E-state index in [9.17, 15) is 4.79 Å². The van der Waals surface area contributed by atoms with Crippen LogP contribution in [-0.4, -0.2) is 37.1 Å². The van der Waals surface area contributed by atoms with Crippen LogP contribution in [0.15, 0.2) is 48.5 Å². The van der Waals surface area contributed by atoms with Gasteiger partial charge in [-0.25, -0.2) is 4.79 Å². The predicted octanol–water partition coefficient (Wildman–Crippen LogP) is 4.47. The average molecular weight is 337 g/mol. The van der Waals surface area contributed by atoms with Crippen LogP contribution in [0.3, 0.4) is 0 Å². The number of piperazine rings is 1. The number of anilines is 2. The SMILES string of the molecule is Cc1ccccc1NC(=O)N1CCN(c2ccccc2C(C)C)CC1. The van der Waals surface area contributed by atoms with E-state index in [4.69, 9.17) is 0 Å². The van der Waals surface area contributed by atoms with Crippen molar-refractivity contribution < 1.29 is 4.79 Å². The highest BCUT2D eigenvalue weighted by Crippen LogP contribution is 2.28. The lowest BCUT2D eigenvalue weighted by Gasteiger charge is -2.37. The highest BCUT2D eigenvalue weighted by atomic mass is 16.2. The van der Waals surface area contributed by atoms with Crippen LogP contribution < -0.4 is 10.2 Å². The van der Waals surface area contributed by atoms with E-state index in [1.807, 2.05) is 36.1 Å². The molecule has 0 radical (unpaired) electrons. The summed E-state index contributed by atoms with van der Waals surface area (Å²) in [6, 6.07) is 16.5. The van der Waals surface area contributed by atoms with E-state index in [1.165, 1.54) is 11.3 Å². The lowest BCUT2D eigenvalue weighted by Crippen LogP contribution is -2.50. The lowest BCUT2D eigenvalue weighted by atomic mass is 10.00. The fraction of sp³-hybridized carbons (Fsp3) is 0.381. The Morgan fingerprint density at radius 3 is 2.28 bits per heavy atom. The molecule has 0 bridgehead atoms. The fourth-order valence-electron chi connectivity index (χ4n) is 3.32. The number of para-hydroxylation sites is 2. The van der Waals surface area contributed by atoms with Gasteiger partial charge in [-0.05, 0) is 36.1 Å². The Morgan fingerprint density at radius 1 is 0.960 bits per heavy atom. The number of carbonyl (C=O) groups excluding carboxylic acids is 1. The second-order valence-corrected chi connectivity index (χ2v) is 6.93. The first-order chi connectivity index (χ1) is 12.1. The minimum Gasteiger partial charge on any atom is -0.368 e. The molecule has 3 rings (SSSR count). The molecular weight excluding hydrogens is 310 g/mol. The molecule has 2 aromatic carbocycles. The number of rotatable bonds is 3. The van der Waals surface area contributed by atoms with Crippen molar-refractivity contribution in [3.8, 4) is 0 Å². The van der Waals surface area contributed by atoms with Crippen LogP contribution in [0.5, 0.6) is 0 Å². The Bertz CT molecular complexity index is 733. The summed E-state index contributed by atoms with van der Waals surface area (Å²) in [4.78, 5) is 16.8. The van der Waals surface area contributed by atoms with Gasteiger partial charge in [0.2, 0.25) is 0 Å². The normalized spacial score (nSPS) is 14.7. The average Bonchev–Trinajstić information content (AvgIpc) is 2.63. The molecule has 0 saturated carbocycles. The number of hydrogen-bond donors (Lipinski definition) is 1. The highest BCUT2D eigenvalue weighted by Gasteiger charge is 2.23. The number of urea groups is 1. The molecule has 2 amide bonds. The van der Waals surface area contributed by atoms with Gasteiger partial charge in [-0.3, -0.25) is 0 Å². The summed E-state index contributed by atoms with van der Waals surface area (Å²) in [6.07, 6.45) is 0. The van der Waals surface area contributed by atoms with Gasteiger partial charge in [0.25, 0.3) is 0 Å². The molecular formula is C21H27N3O. The van der Waals surface area contributed by atoms with Gasteiger partial charge < -0.3 is 15.1 Å². The molecule has 1 aliphatic rings. The summed E-state index contributed by atoms with van der Waals surface area (Å²) >= 11 is 0. The van der Waals surface area contributed by atoms with Crippen LogP contribution >= 0.6 is 0 Å². The van der Waals surface area contributed by atoms with Gasteiger partial charge >= 0.3 is 6.03 Å². The molecule has 1 N–H and O–H groups in total. The van der Waals surface area contributed by atoms with Gasteiger partial charge in [-0.1, -0.05) is 50.2 Å². The number of hydrogen-bond acceptors (Lipinski definition) is 2. The van der Waals surface area contributed by atoms with Crippen molar-refractivity contribution in [2.45, 2.75) is 26.7 Å². The first kappa shape index (κ1) is 17.3. The number of benzene rings is 2. The molecule has 132 valence electrons. The van der Waals surface area contributed by atoms with Crippen molar-refractivity contribution in [3.05, 3.63) is 59.7 Å². The van der Waals surface area contributed by atoms with E-state index < -0.39 is 0 Å². The first-order valence-corrected chi connectivity index (χ1v) is 9.01.